The normalized spacial score (nSPS) is 9.50. The molecule has 0 heterocycles. The maximum absolute atomic E-state index is 11.2. The van der Waals surface area contributed by atoms with E-state index in [1.54, 1.807) is 14.1 Å². The zero-order chi connectivity index (χ0) is 11.5. The number of nitrogens with zero attached hydrogens (tertiary/aromatic N) is 2. The van der Waals surface area contributed by atoms with Crippen LogP contribution in [0.5, 0.6) is 0 Å². The summed E-state index contributed by atoms with van der Waals surface area (Å²) >= 11 is 0. The highest BCUT2D eigenvalue weighted by molar-refractivity contribution is 6.21. The first-order valence-electron chi connectivity index (χ1n) is 4.45. The maximum atomic E-state index is 11.2. The Labute approximate surface area is 88.0 Å². The van der Waals surface area contributed by atoms with Crippen LogP contribution in [0.25, 0.3) is 0 Å². The van der Waals surface area contributed by atoms with Crippen LogP contribution in [0.3, 0.4) is 0 Å². The van der Waals surface area contributed by atoms with E-state index in [1.807, 2.05) is 6.92 Å². The quantitative estimate of drug-likeness (QED) is 0.581. The molecule has 0 spiro atoms. The summed E-state index contributed by atoms with van der Waals surface area (Å²) in [4.78, 5) is 25.4. The lowest BCUT2D eigenvalue weighted by Gasteiger charge is -2.28. The van der Waals surface area contributed by atoms with Crippen LogP contribution in [0.4, 0.5) is 0 Å². The summed E-state index contributed by atoms with van der Waals surface area (Å²) in [7, 11) is 4.19. The average Bonchev–Trinajstić information content (AvgIpc) is 2.03. The van der Waals surface area contributed by atoms with Crippen LogP contribution in [-0.2, 0) is 9.59 Å². The smallest absolute Gasteiger partial charge is 0.224 e. The number of allylic oxidation sites excluding steroid dienone is 1. The minimum absolute atomic E-state index is 0.0664. The fourth-order valence-electron chi connectivity index (χ4n) is 1.19. The Balaban J connectivity index is 5.09. The largest absolute Gasteiger partial charge is 0.302 e. The van der Waals surface area contributed by atoms with Crippen molar-refractivity contribution in [3.63, 3.8) is 0 Å². The molecule has 0 bridgehead atoms. The number of carbonyl (C=O) groups is 2. The average molecular weight is 214 g/mol. The standard InChI is InChI=1S/C9H18N2O2Si/c1-6(14)9(10(4)7(2)12)11(5)8(3)13/h1-5,14H3. The van der Waals surface area contributed by atoms with E-state index < -0.39 is 0 Å². The molecule has 0 atom stereocenters. The van der Waals surface area contributed by atoms with Gasteiger partial charge in [0, 0.05) is 38.2 Å². The molecule has 0 aromatic rings. The first-order valence-corrected chi connectivity index (χ1v) is 5.45. The molecular formula is C9H18N2O2Si. The third-order valence-corrected chi connectivity index (χ3v) is 2.47. The molecule has 80 valence electrons. The molecule has 0 aliphatic rings. The Bertz CT molecular complexity index is 261. The molecule has 0 aromatic heterocycles. The van der Waals surface area contributed by atoms with Crippen molar-refractivity contribution in [1.29, 1.82) is 0 Å². The van der Waals surface area contributed by atoms with Crippen LogP contribution in [-0.4, -0.2) is 46.0 Å². The molecule has 0 saturated heterocycles. The van der Waals surface area contributed by atoms with E-state index in [0.717, 1.165) is 15.4 Å². The van der Waals surface area contributed by atoms with E-state index in [4.69, 9.17) is 0 Å². The minimum Gasteiger partial charge on any atom is -0.302 e. The molecule has 5 heteroatoms. The molecule has 0 rings (SSSR count). The lowest BCUT2D eigenvalue weighted by molar-refractivity contribution is -0.130. The molecule has 14 heavy (non-hydrogen) atoms. The van der Waals surface area contributed by atoms with Crippen LogP contribution in [0.2, 0.25) is 0 Å². The van der Waals surface area contributed by atoms with Crippen molar-refractivity contribution in [2.24, 2.45) is 0 Å². The molecule has 0 unspecified atom stereocenters. The van der Waals surface area contributed by atoms with Gasteiger partial charge in [0.25, 0.3) is 0 Å². The van der Waals surface area contributed by atoms with Gasteiger partial charge >= 0.3 is 0 Å². The Morgan fingerprint density at radius 3 is 1.36 bits per heavy atom. The minimum atomic E-state index is -0.0664. The topological polar surface area (TPSA) is 40.6 Å². The van der Waals surface area contributed by atoms with Gasteiger partial charge in [-0.2, -0.15) is 0 Å². The molecule has 0 aliphatic carbocycles. The number of hydrogen-bond acceptors (Lipinski definition) is 2. The van der Waals surface area contributed by atoms with Gasteiger partial charge in [-0.25, -0.2) is 0 Å². The van der Waals surface area contributed by atoms with Crippen LogP contribution >= 0.6 is 0 Å². The zero-order valence-electron chi connectivity index (χ0n) is 9.71. The van der Waals surface area contributed by atoms with E-state index >= 15 is 0 Å². The van der Waals surface area contributed by atoms with Crippen LogP contribution in [0.15, 0.2) is 11.0 Å². The highest BCUT2D eigenvalue weighted by atomic mass is 28.1. The zero-order valence-corrected chi connectivity index (χ0v) is 11.7. The molecule has 0 fully saturated rings. The Morgan fingerprint density at radius 1 is 0.929 bits per heavy atom. The van der Waals surface area contributed by atoms with Gasteiger partial charge in [0.05, 0.1) is 0 Å². The molecular weight excluding hydrogens is 196 g/mol. The number of hydrogen-bond donors (Lipinski definition) is 0. The number of carbonyl (C=O) groups excluding carboxylic acids is 2. The highest BCUT2D eigenvalue weighted by Crippen LogP contribution is 2.11. The van der Waals surface area contributed by atoms with E-state index in [0.29, 0.717) is 5.82 Å². The summed E-state index contributed by atoms with van der Waals surface area (Å²) in [5, 5.41) is 1.07. The van der Waals surface area contributed by atoms with Gasteiger partial charge < -0.3 is 9.80 Å². The fourth-order valence-corrected chi connectivity index (χ4v) is 1.86. The summed E-state index contributed by atoms with van der Waals surface area (Å²) < 4.78 is 0. The summed E-state index contributed by atoms with van der Waals surface area (Å²) in [6, 6.07) is 0. The van der Waals surface area contributed by atoms with Gasteiger partial charge in [-0.1, -0.05) is 5.20 Å². The number of rotatable bonds is 2. The predicted molar refractivity (Wildman–Crippen MR) is 59.5 cm³/mol. The van der Waals surface area contributed by atoms with Crippen molar-refractivity contribution in [3.05, 3.63) is 11.0 Å². The van der Waals surface area contributed by atoms with Crippen LogP contribution in [0.1, 0.15) is 20.8 Å². The van der Waals surface area contributed by atoms with Crippen LogP contribution < -0.4 is 0 Å². The molecule has 0 radical (unpaired) electrons. The van der Waals surface area contributed by atoms with Crippen molar-refractivity contribution in [2.45, 2.75) is 20.8 Å². The Kier molecular flexibility index (Phi) is 4.56. The molecule has 0 saturated carbocycles. The maximum Gasteiger partial charge on any atom is 0.224 e. The second-order valence-electron chi connectivity index (χ2n) is 3.48. The Morgan fingerprint density at radius 2 is 1.21 bits per heavy atom. The fraction of sp³-hybridized carbons (Fsp3) is 0.556. The van der Waals surface area contributed by atoms with Crippen molar-refractivity contribution < 1.29 is 9.59 Å². The Hall–Kier alpha value is -1.10. The lowest BCUT2D eigenvalue weighted by Crippen LogP contribution is -2.37. The van der Waals surface area contributed by atoms with E-state index in [2.05, 4.69) is 0 Å². The van der Waals surface area contributed by atoms with Gasteiger partial charge in [0.1, 0.15) is 5.82 Å². The second kappa shape index (κ2) is 4.95. The molecule has 0 aliphatic heterocycles. The molecule has 2 amide bonds. The molecule has 0 N–H and O–H groups in total. The van der Waals surface area contributed by atoms with E-state index in [-0.39, 0.29) is 11.8 Å². The monoisotopic (exact) mass is 214 g/mol. The van der Waals surface area contributed by atoms with E-state index in [9.17, 15) is 9.59 Å². The third-order valence-electron chi connectivity index (χ3n) is 2.03. The van der Waals surface area contributed by atoms with Crippen molar-refractivity contribution >= 4 is 22.1 Å². The van der Waals surface area contributed by atoms with Gasteiger partial charge in [0.15, 0.2) is 0 Å². The first-order chi connectivity index (χ1) is 6.29. The van der Waals surface area contributed by atoms with E-state index in [1.165, 1.54) is 23.6 Å². The summed E-state index contributed by atoms with van der Waals surface area (Å²) in [6.07, 6.45) is 0. The second-order valence-corrected chi connectivity index (χ2v) is 4.98. The van der Waals surface area contributed by atoms with Gasteiger partial charge in [-0.15, -0.1) is 0 Å². The van der Waals surface area contributed by atoms with Gasteiger partial charge in [0.2, 0.25) is 11.8 Å². The lowest BCUT2D eigenvalue weighted by atomic mass is 10.4. The predicted octanol–water partition coefficient (Wildman–Crippen LogP) is -0.503. The van der Waals surface area contributed by atoms with Crippen molar-refractivity contribution in [3.8, 4) is 0 Å². The van der Waals surface area contributed by atoms with Crippen molar-refractivity contribution in [1.82, 2.24) is 9.80 Å². The highest BCUT2D eigenvalue weighted by Gasteiger charge is 2.17. The molecule has 0 aromatic carbocycles. The van der Waals surface area contributed by atoms with Gasteiger partial charge in [-0.3, -0.25) is 9.59 Å². The SMILES string of the molecule is CC(=O)N(C)C(=C(C)[SiH3])N(C)C(C)=O. The third kappa shape index (κ3) is 2.99. The van der Waals surface area contributed by atoms with Crippen molar-refractivity contribution in [2.75, 3.05) is 14.1 Å². The first kappa shape index (κ1) is 12.9. The summed E-state index contributed by atoms with van der Waals surface area (Å²) in [5.74, 6) is 0.572. The van der Waals surface area contributed by atoms with Gasteiger partial charge in [-0.05, 0) is 6.92 Å². The van der Waals surface area contributed by atoms with Crippen LogP contribution in [0, 0.1) is 0 Å². The summed E-state index contributed by atoms with van der Waals surface area (Å²) in [5.41, 5.74) is 0. The summed E-state index contributed by atoms with van der Waals surface area (Å²) in [6.45, 7) is 4.90. The number of amides is 2. The molecule has 4 nitrogen and oxygen atoms in total.